The maximum atomic E-state index is 12.9. The molecule has 1 saturated heterocycles. The van der Waals surface area contributed by atoms with Gasteiger partial charge in [0, 0.05) is 34.6 Å². The minimum absolute atomic E-state index is 0.0187. The molecular formula is C17H14BrN3OS. The molecule has 23 heavy (non-hydrogen) atoms. The zero-order valence-corrected chi connectivity index (χ0v) is 14.6. The molecule has 0 bridgehead atoms. The average Bonchev–Trinajstić information content (AvgIpc) is 3.23. The smallest absolute Gasteiger partial charge is 0.236 e. The van der Waals surface area contributed by atoms with Gasteiger partial charge in [-0.25, -0.2) is 0 Å². The molecule has 0 aliphatic carbocycles. The van der Waals surface area contributed by atoms with Gasteiger partial charge >= 0.3 is 0 Å². The van der Waals surface area contributed by atoms with Crippen molar-refractivity contribution in [2.45, 2.75) is 0 Å². The van der Waals surface area contributed by atoms with Crippen LogP contribution in [0.5, 0.6) is 0 Å². The van der Waals surface area contributed by atoms with Crippen molar-refractivity contribution in [2.24, 2.45) is 5.92 Å². The topological polar surface area (TPSA) is 38.1 Å². The Hall–Kier alpha value is -1.79. The molecule has 0 radical (unpaired) electrons. The van der Waals surface area contributed by atoms with Crippen LogP contribution >= 0.6 is 27.9 Å². The van der Waals surface area contributed by atoms with Crippen molar-refractivity contribution in [1.29, 1.82) is 0 Å². The molecule has 1 atom stereocenters. The number of rotatable bonds is 2. The van der Waals surface area contributed by atoms with Crippen molar-refractivity contribution in [3.63, 3.8) is 0 Å². The number of pyridine rings is 1. The van der Waals surface area contributed by atoms with Gasteiger partial charge in [0.15, 0.2) is 0 Å². The lowest BCUT2D eigenvalue weighted by Gasteiger charge is -2.16. The van der Waals surface area contributed by atoms with E-state index >= 15 is 0 Å². The minimum Gasteiger partial charge on any atom is -0.314 e. The van der Waals surface area contributed by atoms with Crippen molar-refractivity contribution in [3.8, 4) is 0 Å². The monoisotopic (exact) mass is 387 g/mol. The zero-order valence-electron chi connectivity index (χ0n) is 12.2. The van der Waals surface area contributed by atoms with Gasteiger partial charge in [0.25, 0.3) is 0 Å². The van der Waals surface area contributed by atoms with Gasteiger partial charge in [-0.2, -0.15) is 0 Å². The van der Waals surface area contributed by atoms with Crippen molar-refractivity contribution in [3.05, 3.63) is 59.5 Å². The van der Waals surface area contributed by atoms with Crippen molar-refractivity contribution >= 4 is 50.4 Å². The van der Waals surface area contributed by atoms with Crippen LogP contribution in [0.2, 0.25) is 0 Å². The van der Waals surface area contributed by atoms with Crippen LogP contribution < -0.4 is 4.31 Å². The third-order valence-corrected chi connectivity index (χ3v) is 5.93. The number of nitrogens with zero attached hydrogens (tertiary/aromatic N) is 3. The van der Waals surface area contributed by atoms with Crippen LogP contribution in [-0.4, -0.2) is 27.8 Å². The number of halogens is 1. The van der Waals surface area contributed by atoms with Crippen molar-refractivity contribution < 1.29 is 4.79 Å². The second kappa shape index (κ2) is 6.02. The second-order valence-electron chi connectivity index (χ2n) is 5.46. The Balaban J connectivity index is 1.59. The summed E-state index contributed by atoms with van der Waals surface area (Å²) in [6.45, 7) is 0.711. The molecule has 1 aromatic carbocycles. The fourth-order valence-corrected chi connectivity index (χ4v) is 4.47. The number of aromatic nitrogens is 2. The van der Waals surface area contributed by atoms with Crippen molar-refractivity contribution in [2.75, 3.05) is 16.6 Å². The van der Waals surface area contributed by atoms with Gasteiger partial charge in [0.1, 0.15) is 0 Å². The van der Waals surface area contributed by atoms with Gasteiger partial charge in [-0.15, -0.1) is 0 Å². The molecule has 1 fully saturated rings. The molecule has 3 aromatic rings. The van der Waals surface area contributed by atoms with E-state index in [0.717, 1.165) is 26.8 Å². The third kappa shape index (κ3) is 2.66. The molecule has 1 unspecified atom stereocenters. The largest absolute Gasteiger partial charge is 0.314 e. The van der Waals surface area contributed by atoms with E-state index in [-0.39, 0.29) is 11.8 Å². The number of carbonyl (C=O) groups excluding carboxylic acids is 1. The molecule has 3 heterocycles. The maximum Gasteiger partial charge on any atom is 0.236 e. The predicted octanol–water partition coefficient (Wildman–Crippen LogP) is 4.22. The summed E-state index contributed by atoms with van der Waals surface area (Å²) in [5.74, 6) is 0.924. The number of fused-ring (bicyclic) bond motifs is 1. The molecule has 4 rings (SSSR count). The third-order valence-electron chi connectivity index (χ3n) is 4.02. The normalized spacial score (nSPS) is 17.8. The highest BCUT2D eigenvalue weighted by Crippen LogP contribution is 2.33. The number of hydrogen-bond donors (Lipinski definition) is 0. The standard InChI is InChI=1S/C17H14BrN3OS/c18-15-4-1-5-16-14(15)6-8-20(16)17(22)12-10-21(23-11-12)13-3-2-7-19-9-13/h1-9,12H,10-11H2. The fraction of sp³-hybridized carbons (Fsp3) is 0.176. The summed E-state index contributed by atoms with van der Waals surface area (Å²) in [6.07, 6.45) is 5.47. The van der Waals surface area contributed by atoms with Gasteiger partial charge in [-0.3, -0.25) is 14.3 Å². The predicted molar refractivity (Wildman–Crippen MR) is 97.8 cm³/mol. The Kier molecular flexibility index (Phi) is 3.87. The van der Waals surface area contributed by atoms with E-state index in [4.69, 9.17) is 0 Å². The summed E-state index contributed by atoms with van der Waals surface area (Å²) in [5, 5.41) is 1.07. The molecule has 1 aliphatic heterocycles. The number of anilines is 1. The SMILES string of the molecule is O=C(C1CSN(c2cccnc2)C1)n1ccc2c(Br)cccc21. The lowest BCUT2D eigenvalue weighted by atomic mass is 10.1. The number of benzene rings is 1. The Bertz CT molecular complexity index is 865. The van der Waals surface area contributed by atoms with E-state index in [1.54, 1.807) is 22.7 Å². The lowest BCUT2D eigenvalue weighted by Crippen LogP contribution is -2.26. The van der Waals surface area contributed by atoms with Crippen LogP contribution in [0.4, 0.5) is 5.69 Å². The lowest BCUT2D eigenvalue weighted by molar-refractivity contribution is 0.0862. The summed E-state index contributed by atoms with van der Waals surface area (Å²) in [5.41, 5.74) is 2.00. The van der Waals surface area contributed by atoms with Gasteiger partial charge in [0.05, 0.1) is 23.3 Å². The summed E-state index contributed by atoms with van der Waals surface area (Å²) in [6, 6.07) is 11.9. The van der Waals surface area contributed by atoms with Gasteiger partial charge < -0.3 is 4.31 Å². The van der Waals surface area contributed by atoms with E-state index in [2.05, 4.69) is 25.2 Å². The highest BCUT2D eigenvalue weighted by Gasteiger charge is 2.31. The van der Waals surface area contributed by atoms with Crippen LogP contribution in [-0.2, 0) is 0 Å². The molecule has 0 saturated carbocycles. The van der Waals surface area contributed by atoms with Gasteiger partial charge in [-0.1, -0.05) is 22.0 Å². The molecule has 0 N–H and O–H groups in total. The van der Waals surface area contributed by atoms with E-state index in [0.29, 0.717) is 6.54 Å². The van der Waals surface area contributed by atoms with Crippen LogP contribution in [0.15, 0.2) is 59.5 Å². The molecule has 0 amide bonds. The van der Waals surface area contributed by atoms with Crippen LogP contribution in [0.1, 0.15) is 4.79 Å². The average molecular weight is 388 g/mol. The Labute approximate surface area is 146 Å². The Morgan fingerprint density at radius 1 is 1.26 bits per heavy atom. The van der Waals surface area contributed by atoms with Gasteiger partial charge in [0.2, 0.25) is 5.91 Å². The quantitative estimate of drug-likeness (QED) is 0.616. The number of carbonyl (C=O) groups is 1. The first-order chi connectivity index (χ1) is 11.2. The molecule has 4 nitrogen and oxygen atoms in total. The molecular weight excluding hydrogens is 374 g/mol. The first-order valence-corrected chi connectivity index (χ1v) is 9.08. The van der Waals surface area contributed by atoms with Crippen LogP contribution in [0, 0.1) is 5.92 Å². The van der Waals surface area contributed by atoms with Crippen LogP contribution in [0.25, 0.3) is 10.9 Å². The molecule has 116 valence electrons. The van der Waals surface area contributed by atoms with Gasteiger partial charge in [-0.05, 0) is 42.3 Å². The highest BCUT2D eigenvalue weighted by molar-refractivity contribution is 9.10. The molecule has 0 spiro atoms. The highest BCUT2D eigenvalue weighted by atomic mass is 79.9. The molecule has 2 aromatic heterocycles. The summed E-state index contributed by atoms with van der Waals surface area (Å²) < 4.78 is 4.94. The zero-order chi connectivity index (χ0) is 15.8. The maximum absolute atomic E-state index is 12.9. The Morgan fingerprint density at radius 2 is 2.17 bits per heavy atom. The van der Waals surface area contributed by atoms with E-state index in [1.807, 2.05) is 48.8 Å². The summed E-state index contributed by atoms with van der Waals surface area (Å²) in [7, 11) is 0. The van der Waals surface area contributed by atoms with E-state index < -0.39 is 0 Å². The molecule has 1 aliphatic rings. The molecule has 6 heteroatoms. The van der Waals surface area contributed by atoms with Crippen LogP contribution in [0.3, 0.4) is 0 Å². The first-order valence-electron chi connectivity index (χ1n) is 7.34. The van der Waals surface area contributed by atoms with E-state index in [1.165, 1.54) is 0 Å². The van der Waals surface area contributed by atoms with Crippen molar-refractivity contribution in [1.82, 2.24) is 9.55 Å². The first kappa shape index (κ1) is 14.8. The minimum atomic E-state index is -0.0187. The number of hydrogen-bond acceptors (Lipinski definition) is 4. The summed E-state index contributed by atoms with van der Waals surface area (Å²) >= 11 is 5.23. The fourth-order valence-electron chi connectivity index (χ4n) is 2.84. The second-order valence-corrected chi connectivity index (χ2v) is 7.35. The summed E-state index contributed by atoms with van der Waals surface area (Å²) in [4.78, 5) is 17.1. The van der Waals surface area contributed by atoms with E-state index in [9.17, 15) is 4.79 Å². The Morgan fingerprint density at radius 3 is 3.00 bits per heavy atom.